The SMILES string of the molecule is C=CCNC(=O)[C@H]1Cc2ccccc2CN1C(=O)c1cc(Cl)c(O)cc1O. The Hall–Kier alpha value is -2.99. The van der Waals surface area contributed by atoms with Crippen molar-refractivity contribution in [1.82, 2.24) is 10.2 Å². The molecule has 0 unspecified atom stereocenters. The van der Waals surface area contributed by atoms with Crippen LogP contribution in [0.5, 0.6) is 11.5 Å². The van der Waals surface area contributed by atoms with Gasteiger partial charge in [0.25, 0.3) is 5.91 Å². The molecule has 1 aliphatic heterocycles. The molecule has 2 aromatic rings. The lowest BCUT2D eigenvalue weighted by Gasteiger charge is -2.36. The van der Waals surface area contributed by atoms with Crippen molar-refractivity contribution in [2.75, 3.05) is 6.54 Å². The quantitative estimate of drug-likeness (QED) is 0.704. The number of amides is 2. The molecule has 1 heterocycles. The maximum absolute atomic E-state index is 13.1. The maximum atomic E-state index is 13.1. The van der Waals surface area contributed by atoms with E-state index >= 15 is 0 Å². The van der Waals surface area contributed by atoms with Gasteiger partial charge in [-0.1, -0.05) is 41.9 Å². The Morgan fingerprint density at radius 2 is 1.93 bits per heavy atom. The first kappa shape index (κ1) is 18.8. The number of phenols is 2. The summed E-state index contributed by atoms with van der Waals surface area (Å²) >= 11 is 5.90. The van der Waals surface area contributed by atoms with Crippen LogP contribution >= 0.6 is 11.6 Å². The van der Waals surface area contributed by atoms with E-state index in [9.17, 15) is 19.8 Å². The second-order valence-electron chi connectivity index (χ2n) is 6.28. The van der Waals surface area contributed by atoms with Gasteiger partial charge in [-0.15, -0.1) is 6.58 Å². The van der Waals surface area contributed by atoms with Crippen LogP contribution in [0, 0.1) is 0 Å². The lowest BCUT2D eigenvalue weighted by atomic mass is 9.92. The van der Waals surface area contributed by atoms with Crippen molar-refractivity contribution in [3.63, 3.8) is 0 Å². The van der Waals surface area contributed by atoms with Crippen molar-refractivity contribution in [2.45, 2.75) is 19.0 Å². The van der Waals surface area contributed by atoms with Crippen LogP contribution in [-0.4, -0.2) is 39.5 Å². The van der Waals surface area contributed by atoms with Gasteiger partial charge in [0.2, 0.25) is 5.91 Å². The highest BCUT2D eigenvalue weighted by atomic mass is 35.5. The molecule has 7 heteroatoms. The Bertz CT molecular complexity index is 913. The van der Waals surface area contributed by atoms with E-state index in [-0.39, 0.29) is 35.3 Å². The summed E-state index contributed by atoms with van der Waals surface area (Å²) in [6.45, 7) is 4.09. The van der Waals surface area contributed by atoms with Crippen LogP contribution in [0.1, 0.15) is 21.5 Å². The fourth-order valence-corrected chi connectivity index (χ4v) is 3.30. The van der Waals surface area contributed by atoms with Crippen molar-refractivity contribution in [3.8, 4) is 11.5 Å². The van der Waals surface area contributed by atoms with Crippen LogP contribution in [0.25, 0.3) is 0 Å². The van der Waals surface area contributed by atoms with Crippen molar-refractivity contribution in [1.29, 1.82) is 0 Å². The highest BCUT2D eigenvalue weighted by molar-refractivity contribution is 6.32. The molecule has 0 saturated heterocycles. The van der Waals surface area contributed by atoms with Crippen molar-refractivity contribution in [3.05, 3.63) is 70.8 Å². The number of phenolic OH excluding ortho intramolecular Hbond substituents is 2. The van der Waals surface area contributed by atoms with Gasteiger partial charge in [0, 0.05) is 25.6 Å². The first-order valence-electron chi connectivity index (χ1n) is 8.40. The Morgan fingerprint density at radius 3 is 2.63 bits per heavy atom. The predicted octanol–water partition coefficient (Wildman–Crippen LogP) is 2.62. The summed E-state index contributed by atoms with van der Waals surface area (Å²) in [5.74, 6) is -1.56. The minimum absolute atomic E-state index is 0.0544. The molecule has 0 aromatic heterocycles. The van der Waals surface area contributed by atoms with Crippen LogP contribution in [0.15, 0.2) is 49.1 Å². The summed E-state index contributed by atoms with van der Waals surface area (Å²) in [4.78, 5) is 27.2. The third kappa shape index (κ3) is 3.75. The monoisotopic (exact) mass is 386 g/mol. The smallest absolute Gasteiger partial charge is 0.258 e. The van der Waals surface area contributed by atoms with E-state index in [1.807, 2.05) is 24.3 Å². The van der Waals surface area contributed by atoms with Crippen molar-refractivity contribution >= 4 is 23.4 Å². The highest BCUT2D eigenvalue weighted by Crippen LogP contribution is 2.33. The Balaban J connectivity index is 1.99. The van der Waals surface area contributed by atoms with Crippen LogP contribution in [0.4, 0.5) is 0 Å². The van der Waals surface area contributed by atoms with E-state index in [0.717, 1.165) is 17.2 Å². The molecule has 0 fully saturated rings. The minimum Gasteiger partial charge on any atom is -0.507 e. The number of rotatable bonds is 4. The number of nitrogens with one attached hydrogen (secondary N) is 1. The highest BCUT2D eigenvalue weighted by Gasteiger charge is 2.35. The van der Waals surface area contributed by atoms with Gasteiger partial charge in [-0.3, -0.25) is 9.59 Å². The molecule has 3 rings (SSSR count). The zero-order valence-corrected chi connectivity index (χ0v) is 15.2. The molecule has 1 atom stereocenters. The molecular weight excluding hydrogens is 368 g/mol. The van der Waals surface area contributed by atoms with Crippen LogP contribution < -0.4 is 5.32 Å². The molecule has 0 bridgehead atoms. The Labute approximate surface area is 161 Å². The van der Waals surface area contributed by atoms with Crippen LogP contribution in [0.3, 0.4) is 0 Å². The van der Waals surface area contributed by atoms with Crippen molar-refractivity contribution in [2.24, 2.45) is 0 Å². The number of hydrogen-bond donors (Lipinski definition) is 3. The average molecular weight is 387 g/mol. The van der Waals surface area contributed by atoms with Crippen molar-refractivity contribution < 1.29 is 19.8 Å². The molecule has 0 radical (unpaired) electrons. The van der Waals surface area contributed by atoms with E-state index in [1.165, 1.54) is 11.0 Å². The summed E-state index contributed by atoms with van der Waals surface area (Å²) in [5, 5.41) is 22.4. The average Bonchev–Trinajstić information content (AvgIpc) is 2.67. The molecule has 2 amide bonds. The third-order valence-electron chi connectivity index (χ3n) is 4.53. The van der Waals surface area contributed by atoms with Crippen LogP contribution in [-0.2, 0) is 17.8 Å². The zero-order valence-electron chi connectivity index (χ0n) is 14.5. The molecule has 0 saturated carbocycles. The molecule has 2 aromatic carbocycles. The molecule has 0 spiro atoms. The first-order chi connectivity index (χ1) is 12.9. The predicted molar refractivity (Wildman–Crippen MR) is 102 cm³/mol. The first-order valence-corrected chi connectivity index (χ1v) is 8.78. The lowest BCUT2D eigenvalue weighted by Crippen LogP contribution is -2.52. The summed E-state index contributed by atoms with van der Waals surface area (Å²) in [6.07, 6.45) is 1.92. The number of nitrogens with zero attached hydrogens (tertiary/aromatic N) is 1. The van der Waals surface area contributed by atoms with Gasteiger partial charge in [0.05, 0.1) is 10.6 Å². The van der Waals surface area contributed by atoms with E-state index in [4.69, 9.17) is 11.6 Å². The number of aromatic hydroxyl groups is 2. The minimum atomic E-state index is -0.737. The van der Waals surface area contributed by atoms with Gasteiger partial charge < -0.3 is 20.4 Å². The topological polar surface area (TPSA) is 89.9 Å². The van der Waals surface area contributed by atoms with Gasteiger partial charge in [-0.05, 0) is 17.2 Å². The molecule has 0 aliphatic carbocycles. The largest absolute Gasteiger partial charge is 0.507 e. The summed E-state index contributed by atoms with van der Waals surface area (Å²) in [5.41, 5.74) is 1.86. The maximum Gasteiger partial charge on any atom is 0.258 e. The molecular formula is C20H19ClN2O4. The summed E-state index contributed by atoms with van der Waals surface area (Å²) in [6, 6.07) is 9.07. The van der Waals surface area contributed by atoms with Gasteiger partial charge in [-0.25, -0.2) is 0 Å². The molecule has 3 N–H and O–H groups in total. The normalized spacial score (nSPS) is 15.7. The molecule has 1 aliphatic rings. The van der Waals surface area contributed by atoms with Gasteiger partial charge in [0.1, 0.15) is 17.5 Å². The second-order valence-corrected chi connectivity index (χ2v) is 6.68. The fraction of sp³-hybridized carbons (Fsp3) is 0.200. The van der Waals surface area contributed by atoms with Gasteiger partial charge in [-0.2, -0.15) is 0 Å². The standard InChI is InChI=1S/C20H19ClN2O4/c1-2-7-22-19(26)16-8-12-5-3-4-6-13(12)11-23(16)20(27)14-9-15(21)18(25)10-17(14)24/h2-6,9-10,16,24-25H,1,7-8,11H2,(H,22,26)/t16-/m1/s1. The van der Waals surface area contributed by atoms with E-state index < -0.39 is 17.7 Å². The van der Waals surface area contributed by atoms with Crippen LogP contribution in [0.2, 0.25) is 5.02 Å². The number of fused-ring (bicyclic) bond motifs is 1. The number of benzene rings is 2. The number of halogens is 1. The van der Waals surface area contributed by atoms with E-state index in [1.54, 1.807) is 6.08 Å². The Morgan fingerprint density at radius 1 is 1.22 bits per heavy atom. The molecule has 140 valence electrons. The van der Waals surface area contributed by atoms with Gasteiger partial charge >= 0.3 is 0 Å². The lowest BCUT2D eigenvalue weighted by molar-refractivity contribution is -0.125. The molecule has 27 heavy (non-hydrogen) atoms. The van der Waals surface area contributed by atoms with Gasteiger partial charge in [0.15, 0.2) is 0 Å². The number of hydrogen-bond acceptors (Lipinski definition) is 4. The molecule has 6 nitrogen and oxygen atoms in total. The van der Waals surface area contributed by atoms with E-state index in [2.05, 4.69) is 11.9 Å². The second kappa shape index (κ2) is 7.72. The number of carbonyl (C=O) groups is 2. The fourth-order valence-electron chi connectivity index (χ4n) is 3.14. The Kier molecular flexibility index (Phi) is 5.37. The zero-order chi connectivity index (χ0) is 19.6. The number of carbonyl (C=O) groups excluding carboxylic acids is 2. The summed E-state index contributed by atoms with van der Waals surface area (Å²) in [7, 11) is 0. The third-order valence-corrected chi connectivity index (χ3v) is 4.83. The van der Waals surface area contributed by atoms with E-state index in [0.29, 0.717) is 6.42 Å². The summed E-state index contributed by atoms with van der Waals surface area (Å²) < 4.78 is 0.